The van der Waals surface area contributed by atoms with Gasteiger partial charge in [-0.3, -0.25) is 0 Å². The molecule has 0 aromatic rings. The van der Waals surface area contributed by atoms with Crippen molar-refractivity contribution in [2.75, 3.05) is 0 Å². The van der Waals surface area contributed by atoms with Crippen LogP contribution in [0, 0.1) is 0 Å². The second-order valence-corrected chi connectivity index (χ2v) is 4.05. The van der Waals surface area contributed by atoms with Crippen LogP contribution in [-0.2, 0) is 19.4 Å². The van der Waals surface area contributed by atoms with E-state index in [1.165, 1.54) is 0 Å². The van der Waals surface area contributed by atoms with Crippen molar-refractivity contribution >= 4 is 23.5 Å². The third-order valence-electron chi connectivity index (χ3n) is 2.07. The molecular formula is C11H19ClO4. The fraction of sp³-hybridized carbons (Fsp3) is 0.818. The van der Waals surface area contributed by atoms with Gasteiger partial charge >= 0.3 is 11.9 Å². The van der Waals surface area contributed by atoms with Crippen molar-refractivity contribution in [1.29, 1.82) is 0 Å². The van der Waals surface area contributed by atoms with E-state index in [1.807, 2.05) is 0 Å². The maximum absolute atomic E-state index is 11.2. The maximum atomic E-state index is 11.2. The van der Waals surface area contributed by atoms with Crippen LogP contribution >= 0.6 is 11.6 Å². The second kappa shape index (κ2) is 9.46. The lowest BCUT2D eigenvalue weighted by molar-refractivity contribution is -0.258. The van der Waals surface area contributed by atoms with Gasteiger partial charge in [0, 0.05) is 6.42 Å². The highest BCUT2D eigenvalue weighted by atomic mass is 35.5. The minimum atomic E-state index is -0.735. The smallest absolute Gasteiger partial charge is 0.247 e. The Kier molecular flexibility index (Phi) is 9.00. The summed E-state index contributed by atoms with van der Waals surface area (Å²) in [5, 5.41) is -0.735. The van der Waals surface area contributed by atoms with Crippen molar-refractivity contribution in [1.82, 2.24) is 0 Å². The van der Waals surface area contributed by atoms with Crippen LogP contribution in [0.5, 0.6) is 0 Å². The van der Waals surface area contributed by atoms with E-state index in [0.717, 1.165) is 25.7 Å². The molecule has 0 aliphatic rings. The Morgan fingerprint density at radius 2 is 1.81 bits per heavy atom. The molecule has 0 aromatic carbocycles. The van der Waals surface area contributed by atoms with E-state index in [-0.39, 0.29) is 6.42 Å². The van der Waals surface area contributed by atoms with Gasteiger partial charge < -0.3 is 0 Å². The molecule has 0 fully saturated rings. The fourth-order valence-electron chi connectivity index (χ4n) is 1.07. The van der Waals surface area contributed by atoms with Crippen LogP contribution in [-0.4, -0.2) is 17.3 Å². The predicted octanol–water partition coefficient (Wildman–Crippen LogP) is 2.98. The largest absolute Gasteiger partial charge is 0.373 e. The van der Waals surface area contributed by atoms with Crippen LogP contribution in [0.2, 0.25) is 0 Å². The minimum Gasteiger partial charge on any atom is -0.247 e. The van der Waals surface area contributed by atoms with Gasteiger partial charge in [0.2, 0.25) is 0 Å². The molecule has 0 saturated heterocycles. The Hall–Kier alpha value is -0.770. The number of alkyl halides is 1. The zero-order valence-electron chi connectivity index (χ0n) is 9.83. The van der Waals surface area contributed by atoms with Crippen molar-refractivity contribution in [2.45, 2.75) is 57.7 Å². The third-order valence-corrected chi connectivity index (χ3v) is 2.47. The molecule has 0 heterocycles. The van der Waals surface area contributed by atoms with E-state index in [2.05, 4.69) is 16.7 Å². The number of hydrogen-bond donors (Lipinski definition) is 0. The van der Waals surface area contributed by atoms with Crippen LogP contribution in [0.25, 0.3) is 0 Å². The number of halogens is 1. The summed E-state index contributed by atoms with van der Waals surface area (Å²) in [6, 6.07) is 0. The third kappa shape index (κ3) is 7.51. The van der Waals surface area contributed by atoms with E-state index in [4.69, 9.17) is 11.6 Å². The number of carbonyl (C=O) groups is 2. The summed E-state index contributed by atoms with van der Waals surface area (Å²) in [7, 11) is 0. The molecular weight excluding hydrogens is 232 g/mol. The summed E-state index contributed by atoms with van der Waals surface area (Å²) in [4.78, 5) is 30.4. The van der Waals surface area contributed by atoms with E-state index in [0.29, 0.717) is 6.42 Å². The first kappa shape index (κ1) is 15.2. The topological polar surface area (TPSA) is 52.6 Å². The van der Waals surface area contributed by atoms with E-state index < -0.39 is 17.3 Å². The van der Waals surface area contributed by atoms with Crippen LogP contribution in [0.4, 0.5) is 0 Å². The van der Waals surface area contributed by atoms with Crippen molar-refractivity contribution in [3.8, 4) is 0 Å². The molecule has 4 nitrogen and oxygen atoms in total. The Morgan fingerprint density at radius 1 is 1.12 bits per heavy atom. The van der Waals surface area contributed by atoms with Gasteiger partial charge in [-0.15, -0.1) is 11.6 Å². The van der Waals surface area contributed by atoms with Crippen molar-refractivity contribution in [2.24, 2.45) is 0 Å². The maximum Gasteiger partial charge on any atom is 0.373 e. The average molecular weight is 251 g/mol. The standard InChI is InChI=1S/C11H19ClO4/c1-3-5-6-7-8-9(12)11(14)16-15-10(13)4-2/h9H,3-8H2,1-2H3. The number of carbonyl (C=O) groups excluding carboxylic acids is 2. The Bertz CT molecular complexity index is 218. The number of hydrogen-bond acceptors (Lipinski definition) is 4. The molecule has 0 spiro atoms. The summed E-state index contributed by atoms with van der Waals surface area (Å²) in [5.74, 6) is -1.27. The second-order valence-electron chi connectivity index (χ2n) is 3.53. The van der Waals surface area contributed by atoms with E-state index in [1.54, 1.807) is 6.92 Å². The highest BCUT2D eigenvalue weighted by molar-refractivity contribution is 6.29. The van der Waals surface area contributed by atoms with Crippen molar-refractivity contribution < 1.29 is 19.4 Å². The fourth-order valence-corrected chi connectivity index (χ4v) is 1.26. The monoisotopic (exact) mass is 250 g/mol. The van der Waals surface area contributed by atoms with Gasteiger partial charge in [-0.25, -0.2) is 19.4 Å². The van der Waals surface area contributed by atoms with E-state index >= 15 is 0 Å². The lowest BCUT2D eigenvalue weighted by Gasteiger charge is -2.07. The van der Waals surface area contributed by atoms with E-state index in [9.17, 15) is 9.59 Å². The molecule has 94 valence electrons. The molecule has 0 rings (SSSR count). The van der Waals surface area contributed by atoms with Gasteiger partial charge in [-0.2, -0.15) is 0 Å². The molecule has 0 amide bonds. The predicted molar refractivity (Wildman–Crippen MR) is 60.9 cm³/mol. The van der Waals surface area contributed by atoms with Crippen LogP contribution in [0.3, 0.4) is 0 Å². The lowest BCUT2D eigenvalue weighted by Crippen LogP contribution is -2.20. The summed E-state index contributed by atoms with van der Waals surface area (Å²) >= 11 is 5.77. The van der Waals surface area contributed by atoms with Gasteiger partial charge in [-0.05, 0) is 6.42 Å². The summed E-state index contributed by atoms with van der Waals surface area (Å²) in [6.45, 7) is 3.72. The number of rotatable bonds is 7. The molecule has 0 aliphatic heterocycles. The van der Waals surface area contributed by atoms with Crippen LogP contribution in [0.1, 0.15) is 52.4 Å². The average Bonchev–Trinajstić information content (AvgIpc) is 2.30. The molecule has 0 bridgehead atoms. The molecule has 0 N–H and O–H groups in total. The van der Waals surface area contributed by atoms with Crippen molar-refractivity contribution in [3.05, 3.63) is 0 Å². The quantitative estimate of drug-likeness (QED) is 0.302. The Balaban J connectivity index is 3.61. The van der Waals surface area contributed by atoms with Gasteiger partial charge in [-0.1, -0.05) is 39.5 Å². The van der Waals surface area contributed by atoms with Gasteiger partial charge in [0.25, 0.3) is 0 Å². The normalized spacial score (nSPS) is 11.9. The lowest BCUT2D eigenvalue weighted by atomic mass is 10.1. The molecule has 0 aromatic heterocycles. The zero-order valence-corrected chi connectivity index (χ0v) is 10.6. The minimum absolute atomic E-state index is 0.163. The molecule has 1 unspecified atom stereocenters. The van der Waals surface area contributed by atoms with Gasteiger partial charge in [0.1, 0.15) is 5.38 Å². The molecule has 1 atom stereocenters. The molecule has 0 radical (unpaired) electrons. The van der Waals surface area contributed by atoms with Crippen LogP contribution < -0.4 is 0 Å². The first-order valence-electron chi connectivity index (χ1n) is 5.67. The zero-order chi connectivity index (χ0) is 12.4. The summed E-state index contributed by atoms with van der Waals surface area (Å²) in [6.07, 6.45) is 4.89. The highest BCUT2D eigenvalue weighted by Gasteiger charge is 2.19. The summed E-state index contributed by atoms with van der Waals surface area (Å²) < 4.78 is 0. The first-order chi connectivity index (χ1) is 7.61. The first-order valence-corrected chi connectivity index (χ1v) is 6.10. The highest BCUT2D eigenvalue weighted by Crippen LogP contribution is 2.11. The SMILES string of the molecule is CCCCCCC(Cl)C(=O)OOC(=O)CC. The van der Waals surface area contributed by atoms with Crippen LogP contribution in [0.15, 0.2) is 0 Å². The summed E-state index contributed by atoms with van der Waals surface area (Å²) in [5.41, 5.74) is 0. The molecule has 5 heteroatoms. The molecule has 0 aliphatic carbocycles. The van der Waals surface area contributed by atoms with Gasteiger partial charge in [0.05, 0.1) is 0 Å². The molecule has 16 heavy (non-hydrogen) atoms. The van der Waals surface area contributed by atoms with Gasteiger partial charge in [0.15, 0.2) is 0 Å². The number of unbranched alkanes of at least 4 members (excludes halogenated alkanes) is 3. The molecule has 0 saturated carbocycles. The Morgan fingerprint density at radius 3 is 2.38 bits per heavy atom. The van der Waals surface area contributed by atoms with Crippen molar-refractivity contribution in [3.63, 3.8) is 0 Å². The Labute approximate surface area is 101 Å².